The summed E-state index contributed by atoms with van der Waals surface area (Å²) in [4.78, 5) is 9.00. The average molecular weight is 427 g/mol. The number of amidine groups is 1. The fraction of sp³-hybridized carbons (Fsp3) is 0.312. The molecule has 2 aromatic heterocycles. The topological polar surface area (TPSA) is 126 Å². The van der Waals surface area contributed by atoms with Gasteiger partial charge in [0.1, 0.15) is 10.0 Å². The molecule has 0 saturated heterocycles. The van der Waals surface area contributed by atoms with Crippen LogP contribution in [0.4, 0.5) is 5.82 Å². The molecule has 1 aliphatic rings. The molecular formula is C16H19ClN6O2S2. The lowest BCUT2D eigenvalue weighted by Crippen LogP contribution is -2.17. The van der Waals surface area contributed by atoms with Gasteiger partial charge in [-0.2, -0.15) is 5.10 Å². The summed E-state index contributed by atoms with van der Waals surface area (Å²) in [6, 6.07) is 4.99. The Morgan fingerprint density at radius 2 is 2.22 bits per heavy atom. The Kier molecular flexibility index (Phi) is 5.80. The number of hydrogen-bond donors (Lipinski definition) is 3. The minimum Gasteiger partial charge on any atom is -0.383 e. The molecule has 0 spiro atoms. The van der Waals surface area contributed by atoms with Crippen molar-refractivity contribution in [1.29, 1.82) is 0 Å². The molecule has 0 unspecified atom stereocenters. The summed E-state index contributed by atoms with van der Waals surface area (Å²) in [5, 5.41) is 7.45. The zero-order valence-electron chi connectivity index (χ0n) is 14.7. The van der Waals surface area contributed by atoms with E-state index in [9.17, 15) is 8.42 Å². The number of hydrogen-bond acceptors (Lipinski definition) is 6. The van der Waals surface area contributed by atoms with E-state index in [-0.39, 0.29) is 10.0 Å². The molecule has 0 aliphatic heterocycles. The lowest BCUT2D eigenvalue weighted by atomic mass is 10.3. The molecular weight excluding hydrogens is 408 g/mol. The highest BCUT2D eigenvalue weighted by molar-refractivity contribution is 7.91. The molecule has 0 radical (unpaired) electrons. The van der Waals surface area contributed by atoms with Crippen LogP contribution in [0, 0.1) is 0 Å². The summed E-state index contributed by atoms with van der Waals surface area (Å²) >= 11 is 7.25. The molecule has 144 valence electrons. The van der Waals surface area contributed by atoms with E-state index in [2.05, 4.69) is 24.9 Å². The highest BCUT2D eigenvalue weighted by Crippen LogP contribution is 2.39. The van der Waals surface area contributed by atoms with Gasteiger partial charge in [0.25, 0.3) is 0 Å². The molecule has 1 fully saturated rings. The fourth-order valence-electron chi connectivity index (χ4n) is 2.20. The zero-order valence-corrected chi connectivity index (χ0v) is 17.1. The molecule has 3 rings (SSSR count). The maximum atomic E-state index is 11.8. The van der Waals surface area contributed by atoms with E-state index in [1.165, 1.54) is 32.2 Å². The first-order valence-electron chi connectivity index (χ1n) is 8.14. The third-order valence-corrected chi connectivity index (χ3v) is 7.30. The average Bonchev–Trinajstić information content (AvgIpc) is 3.18. The van der Waals surface area contributed by atoms with Gasteiger partial charge in [0.05, 0.1) is 15.6 Å². The van der Waals surface area contributed by atoms with Crippen molar-refractivity contribution in [3.63, 3.8) is 0 Å². The van der Waals surface area contributed by atoms with Gasteiger partial charge in [-0.05, 0) is 38.9 Å². The second kappa shape index (κ2) is 7.93. The van der Waals surface area contributed by atoms with Crippen molar-refractivity contribution >= 4 is 50.3 Å². The minimum absolute atomic E-state index is 0.163. The van der Waals surface area contributed by atoms with E-state index < -0.39 is 10.0 Å². The SMILES string of the molecule is CNS(=O)(=O)c1ccc(C(N)=NC=C(Cl)C(C)=Nc2cc(C3CC3)[nH]n2)s1. The van der Waals surface area contributed by atoms with E-state index in [4.69, 9.17) is 17.3 Å². The standard InChI is InChI=1S/C16H19ClN6O2S2/c1-9(21-14-7-12(22-23-14)10-3-4-10)11(17)8-20-16(18)13-5-6-15(26-13)27(24,25)19-2/h5-8,10,19H,3-4H2,1-2H3,(H2,18,20)(H,22,23). The van der Waals surface area contributed by atoms with Crippen molar-refractivity contribution in [2.75, 3.05) is 7.05 Å². The highest BCUT2D eigenvalue weighted by atomic mass is 35.5. The molecule has 1 aliphatic carbocycles. The summed E-state index contributed by atoms with van der Waals surface area (Å²) in [5.41, 5.74) is 7.56. The number of sulfonamides is 1. The van der Waals surface area contributed by atoms with Crippen molar-refractivity contribution < 1.29 is 8.42 Å². The molecule has 8 nitrogen and oxygen atoms in total. The number of rotatable bonds is 7. The van der Waals surface area contributed by atoms with Gasteiger partial charge in [0.15, 0.2) is 5.82 Å². The normalized spacial score (nSPS) is 16.8. The number of H-pyrrole nitrogens is 1. The van der Waals surface area contributed by atoms with Gasteiger partial charge in [-0.15, -0.1) is 11.3 Å². The van der Waals surface area contributed by atoms with Gasteiger partial charge in [-0.1, -0.05) is 11.6 Å². The van der Waals surface area contributed by atoms with Crippen molar-refractivity contribution in [1.82, 2.24) is 14.9 Å². The lowest BCUT2D eigenvalue weighted by Gasteiger charge is -1.98. The Morgan fingerprint density at radius 3 is 2.89 bits per heavy atom. The smallest absolute Gasteiger partial charge is 0.249 e. The van der Waals surface area contributed by atoms with E-state index in [0.29, 0.717) is 27.4 Å². The first-order chi connectivity index (χ1) is 12.8. The third-order valence-electron chi connectivity index (χ3n) is 3.91. The summed E-state index contributed by atoms with van der Waals surface area (Å²) in [5.74, 6) is 1.30. The van der Waals surface area contributed by atoms with Crippen LogP contribution in [0.3, 0.4) is 0 Å². The van der Waals surface area contributed by atoms with Crippen LogP contribution in [0.2, 0.25) is 0 Å². The van der Waals surface area contributed by atoms with Crippen LogP contribution in [-0.4, -0.2) is 37.2 Å². The van der Waals surface area contributed by atoms with Crippen molar-refractivity contribution in [2.45, 2.75) is 29.9 Å². The van der Waals surface area contributed by atoms with Crippen LogP contribution in [0.25, 0.3) is 0 Å². The Morgan fingerprint density at radius 1 is 1.48 bits per heavy atom. The molecule has 0 atom stereocenters. The molecule has 27 heavy (non-hydrogen) atoms. The molecule has 2 heterocycles. The number of halogens is 1. The van der Waals surface area contributed by atoms with E-state index in [1.54, 1.807) is 13.0 Å². The first-order valence-corrected chi connectivity index (χ1v) is 10.8. The Hall–Kier alpha value is -2.01. The van der Waals surface area contributed by atoms with Crippen molar-refractivity contribution in [3.8, 4) is 0 Å². The van der Waals surface area contributed by atoms with Gasteiger partial charge < -0.3 is 5.73 Å². The van der Waals surface area contributed by atoms with Gasteiger partial charge in [-0.3, -0.25) is 5.10 Å². The zero-order chi connectivity index (χ0) is 19.6. The maximum Gasteiger partial charge on any atom is 0.249 e. The van der Waals surface area contributed by atoms with Crippen LogP contribution in [0.1, 0.15) is 36.3 Å². The second-order valence-electron chi connectivity index (χ2n) is 5.97. The Labute approximate surface area is 166 Å². The van der Waals surface area contributed by atoms with E-state index in [0.717, 1.165) is 17.0 Å². The largest absolute Gasteiger partial charge is 0.383 e. The number of aliphatic imine (C=N–C) groups is 2. The van der Waals surface area contributed by atoms with Crippen LogP contribution in [0.15, 0.2) is 43.6 Å². The number of nitrogens with zero attached hydrogens (tertiary/aromatic N) is 3. The molecule has 0 aromatic carbocycles. The van der Waals surface area contributed by atoms with Gasteiger partial charge in [0, 0.05) is 23.9 Å². The predicted octanol–water partition coefficient (Wildman–Crippen LogP) is 2.83. The van der Waals surface area contributed by atoms with Crippen LogP contribution in [-0.2, 0) is 10.0 Å². The number of thiophene rings is 1. The third kappa shape index (κ3) is 4.83. The number of allylic oxidation sites excluding steroid dienone is 1. The van der Waals surface area contributed by atoms with Crippen molar-refractivity contribution in [2.24, 2.45) is 15.7 Å². The Balaban J connectivity index is 1.73. The quantitative estimate of drug-likeness (QED) is 0.464. The number of nitrogens with two attached hydrogens (primary N) is 1. The summed E-state index contributed by atoms with van der Waals surface area (Å²) in [6.45, 7) is 1.75. The molecule has 1 saturated carbocycles. The predicted molar refractivity (Wildman–Crippen MR) is 109 cm³/mol. The summed E-state index contributed by atoms with van der Waals surface area (Å²) in [7, 11) is -2.15. The molecule has 0 amide bonds. The second-order valence-corrected chi connectivity index (χ2v) is 9.57. The summed E-state index contributed by atoms with van der Waals surface area (Å²) in [6.07, 6.45) is 3.74. The molecule has 4 N–H and O–H groups in total. The first kappa shape index (κ1) is 19.7. The fourth-order valence-corrected chi connectivity index (χ4v) is 4.34. The van der Waals surface area contributed by atoms with Gasteiger partial charge in [-0.25, -0.2) is 23.1 Å². The monoisotopic (exact) mass is 426 g/mol. The van der Waals surface area contributed by atoms with Crippen LogP contribution in [0.5, 0.6) is 0 Å². The maximum absolute atomic E-state index is 11.8. The lowest BCUT2D eigenvalue weighted by molar-refractivity contribution is 0.590. The summed E-state index contributed by atoms with van der Waals surface area (Å²) < 4.78 is 26.0. The Bertz CT molecular complexity index is 1030. The van der Waals surface area contributed by atoms with Gasteiger partial charge >= 0.3 is 0 Å². The number of aromatic nitrogens is 2. The minimum atomic E-state index is -3.50. The molecule has 0 bridgehead atoms. The van der Waals surface area contributed by atoms with Crippen LogP contribution >= 0.6 is 22.9 Å². The van der Waals surface area contributed by atoms with Crippen molar-refractivity contribution in [3.05, 3.63) is 40.0 Å². The molecule has 11 heteroatoms. The van der Waals surface area contributed by atoms with E-state index >= 15 is 0 Å². The number of nitrogens with one attached hydrogen (secondary N) is 2. The van der Waals surface area contributed by atoms with Crippen LogP contribution < -0.4 is 10.5 Å². The molecule has 2 aromatic rings. The van der Waals surface area contributed by atoms with E-state index in [1.807, 2.05) is 6.07 Å². The number of aromatic amines is 1. The highest BCUT2D eigenvalue weighted by Gasteiger charge is 2.25. The van der Waals surface area contributed by atoms with Gasteiger partial charge in [0.2, 0.25) is 10.0 Å².